The zero-order valence-corrected chi connectivity index (χ0v) is 24.7. The Hall–Kier alpha value is -3.52. The van der Waals surface area contributed by atoms with E-state index >= 15 is 0 Å². The van der Waals surface area contributed by atoms with Gasteiger partial charge >= 0.3 is 0 Å². The number of aliphatic hydroxyl groups excluding tert-OH is 1. The fourth-order valence-corrected chi connectivity index (χ4v) is 4.67. The van der Waals surface area contributed by atoms with E-state index < -0.39 is 17.7 Å². The summed E-state index contributed by atoms with van der Waals surface area (Å²) in [6.45, 7) is 14.1. The van der Waals surface area contributed by atoms with Crippen molar-refractivity contribution >= 4 is 17.4 Å². The molecule has 2 aromatic rings. The number of methoxy groups -OCH3 is 1. The van der Waals surface area contributed by atoms with Gasteiger partial charge in [0.2, 0.25) is 0 Å². The molecule has 1 heterocycles. The molecule has 3 rings (SSSR count). The quantitative estimate of drug-likeness (QED) is 0.132. The first-order valence-corrected chi connectivity index (χ1v) is 14.3. The first-order valence-electron chi connectivity index (χ1n) is 14.3. The van der Waals surface area contributed by atoms with Crippen molar-refractivity contribution in [2.45, 2.75) is 53.5 Å². The third kappa shape index (κ3) is 7.36. The Balaban J connectivity index is 2.05. The molecule has 0 spiro atoms. The van der Waals surface area contributed by atoms with Crippen molar-refractivity contribution in [2.24, 2.45) is 5.92 Å². The maximum absolute atomic E-state index is 13.4. The number of amides is 1. The number of carbonyl (C=O) groups excluding carboxylic acids is 2. The topological polar surface area (TPSA) is 88.5 Å². The summed E-state index contributed by atoms with van der Waals surface area (Å²) in [6, 6.07) is 11.6. The molecule has 40 heavy (non-hydrogen) atoms. The average Bonchev–Trinajstić information content (AvgIpc) is 3.21. The van der Waals surface area contributed by atoms with Gasteiger partial charge in [-0.15, -0.1) is 0 Å². The summed E-state index contributed by atoms with van der Waals surface area (Å²) in [6.07, 6.45) is 1.92. The lowest BCUT2D eigenvalue weighted by molar-refractivity contribution is -0.140. The second-order valence-electron chi connectivity index (χ2n) is 10.4. The summed E-state index contributed by atoms with van der Waals surface area (Å²) in [5, 5.41) is 11.4. The molecule has 2 aromatic carbocycles. The highest BCUT2D eigenvalue weighted by Crippen LogP contribution is 2.42. The van der Waals surface area contributed by atoms with E-state index in [2.05, 4.69) is 39.5 Å². The van der Waals surface area contributed by atoms with Crippen LogP contribution < -0.4 is 14.2 Å². The molecule has 0 radical (unpaired) electrons. The van der Waals surface area contributed by atoms with E-state index in [-0.39, 0.29) is 11.3 Å². The highest BCUT2D eigenvalue weighted by atomic mass is 16.5. The third-order valence-corrected chi connectivity index (χ3v) is 7.06. The molecule has 1 amide bonds. The standard InChI is InChI=1S/C32H44N2O6/c1-7-10-19-39-26-16-13-24(20-27(26)38-6)29-28(31(36)32(37)34(29)18-17-33(8-2)9-3)30(35)23-11-14-25(15-12-23)40-21-22(4)5/h11-16,20,22,29,35H,7-10,17-19,21H2,1-6H3. The predicted molar refractivity (Wildman–Crippen MR) is 157 cm³/mol. The summed E-state index contributed by atoms with van der Waals surface area (Å²) in [7, 11) is 1.56. The number of aliphatic hydroxyl groups is 1. The number of ether oxygens (including phenoxy) is 3. The Morgan fingerprint density at radius 3 is 2.30 bits per heavy atom. The molecule has 0 bridgehead atoms. The number of likely N-dealkylation sites (N-methyl/N-ethyl adjacent to an activating group) is 1. The fourth-order valence-electron chi connectivity index (χ4n) is 4.67. The van der Waals surface area contributed by atoms with Crippen LogP contribution in [0.4, 0.5) is 0 Å². The van der Waals surface area contributed by atoms with Crippen LogP contribution in [-0.2, 0) is 9.59 Å². The monoisotopic (exact) mass is 552 g/mol. The predicted octanol–water partition coefficient (Wildman–Crippen LogP) is 5.67. The third-order valence-electron chi connectivity index (χ3n) is 7.06. The molecule has 1 N–H and O–H groups in total. The van der Waals surface area contributed by atoms with Gasteiger partial charge in [-0.1, -0.05) is 47.1 Å². The molecule has 1 atom stereocenters. The molecule has 1 aliphatic heterocycles. The first-order chi connectivity index (χ1) is 19.2. The van der Waals surface area contributed by atoms with E-state index in [4.69, 9.17) is 14.2 Å². The number of hydrogen-bond acceptors (Lipinski definition) is 7. The van der Waals surface area contributed by atoms with E-state index in [9.17, 15) is 14.7 Å². The zero-order chi connectivity index (χ0) is 29.2. The number of unbranched alkanes of at least 4 members (excludes halogenated alkanes) is 1. The molecule has 8 heteroatoms. The number of carbonyl (C=O) groups is 2. The van der Waals surface area contributed by atoms with Crippen LogP contribution in [0, 0.1) is 5.92 Å². The summed E-state index contributed by atoms with van der Waals surface area (Å²) in [5.74, 6) is 0.602. The van der Waals surface area contributed by atoms with E-state index in [0.717, 1.165) is 25.9 Å². The Bertz CT molecular complexity index is 1170. The molecule has 218 valence electrons. The smallest absolute Gasteiger partial charge is 0.295 e. The number of ketones is 1. The van der Waals surface area contributed by atoms with Crippen LogP contribution in [0.15, 0.2) is 48.0 Å². The van der Waals surface area contributed by atoms with Gasteiger partial charge in [0.1, 0.15) is 11.5 Å². The lowest BCUT2D eigenvalue weighted by atomic mass is 9.95. The first kappa shape index (κ1) is 31.0. The van der Waals surface area contributed by atoms with Gasteiger partial charge in [-0.2, -0.15) is 0 Å². The minimum Gasteiger partial charge on any atom is -0.507 e. The largest absolute Gasteiger partial charge is 0.507 e. The van der Waals surface area contributed by atoms with Crippen LogP contribution >= 0.6 is 0 Å². The minimum absolute atomic E-state index is 0.0575. The van der Waals surface area contributed by atoms with Crippen LogP contribution in [0.5, 0.6) is 17.2 Å². The van der Waals surface area contributed by atoms with Crippen LogP contribution in [0.3, 0.4) is 0 Å². The maximum atomic E-state index is 13.4. The Morgan fingerprint density at radius 2 is 1.70 bits per heavy atom. The van der Waals surface area contributed by atoms with E-state index in [1.165, 1.54) is 0 Å². The van der Waals surface area contributed by atoms with Crippen LogP contribution in [-0.4, -0.2) is 73.1 Å². The Labute approximate surface area is 238 Å². The Kier molecular flexibility index (Phi) is 11.4. The molecule has 0 saturated carbocycles. The maximum Gasteiger partial charge on any atom is 0.295 e. The molecular formula is C32H44N2O6. The van der Waals surface area contributed by atoms with Crippen LogP contribution in [0.25, 0.3) is 5.76 Å². The number of benzene rings is 2. The van der Waals surface area contributed by atoms with E-state index in [1.807, 2.05) is 6.07 Å². The highest BCUT2D eigenvalue weighted by Gasteiger charge is 2.46. The van der Waals surface area contributed by atoms with Crippen LogP contribution in [0.1, 0.15) is 64.6 Å². The summed E-state index contributed by atoms with van der Waals surface area (Å²) >= 11 is 0. The normalized spacial score (nSPS) is 16.7. The number of likely N-dealkylation sites (tertiary alicyclic amines) is 1. The molecule has 1 fully saturated rings. The van der Waals surface area contributed by atoms with E-state index in [0.29, 0.717) is 60.6 Å². The average molecular weight is 553 g/mol. The summed E-state index contributed by atoms with van der Waals surface area (Å²) in [5.41, 5.74) is 1.16. The van der Waals surface area contributed by atoms with Crippen molar-refractivity contribution in [3.8, 4) is 17.2 Å². The second kappa shape index (κ2) is 14.7. The SMILES string of the molecule is CCCCOc1ccc(C2C(=C(O)c3ccc(OCC(C)C)cc3)C(=O)C(=O)N2CCN(CC)CC)cc1OC. The van der Waals surface area contributed by atoms with Gasteiger partial charge in [0.05, 0.1) is 31.9 Å². The highest BCUT2D eigenvalue weighted by molar-refractivity contribution is 6.46. The minimum atomic E-state index is -0.772. The van der Waals surface area contributed by atoms with Gasteiger partial charge in [0.25, 0.3) is 11.7 Å². The zero-order valence-electron chi connectivity index (χ0n) is 24.7. The van der Waals surface area contributed by atoms with Crippen molar-refractivity contribution in [1.29, 1.82) is 0 Å². The van der Waals surface area contributed by atoms with Crippen LogP contribution in [0.2, 0.25) is 0 Å². The van der Waals surface area contributed by atoms with E-state index in [1.54, 1.807) is 48.4 Å². The van der Waals surface area contributed by atoms with Gasteiger partial charge in [0.15, 0.2) is 11.5 Å². The molecule has 0 aliphatic carbocycles. The van der Waals surface area contributed by atoms with Crippen molar-refractivity contribution in [2.75, 3.05) is 46.5 Å². The van der Waals surface area contributed by atoms with Gasteiger partial charge in [-0.3, -0.25) is 9.59 Å². The number of rotatable bonds is 15. The van der Waals surface area contributed by atoms with Crippen molar-refractivity contribution in [1.82, 2.24) is 9.80 Å². The lowest BCUT2D eigenvalue weighted by Gasteiger charge is -2.28. The number of hydrogen-bond donors (Lipinski definition) is 1. The second-order valence-corrected chi connectivity index (χ2v) is 10.4. The number of Topliss-reactive ketones (excluding diaryl/α,β-unsaturated/α-hetero) is 1. The van der Waals surface area contributed by atoms with Gasteiger partial charge in [-0.05, 0) is 67.4 Å². The lowest BCUT2D eigenvalue weighted by Crippen LogP contribution is -2.38. The summed E-state index contributed by atoms with van der Waals surface area (Å²) in [4.78, 5) is 30.5. The number of nitrogens with zero attached hydrogens (tertiary/aromatic N) is 2. The van der Waals surface area contributed by atoms with Crippen molar-refractivity contribution < 1.29 is 28.9 Å². The van der Waals surface area contributed by atoms with Gasteiger partial charge in [0, 0.05) is 18.7 Å². The van der Waals surface area contributed by atoms with Crippen molar-refractivity contribution in [3.63, 3.8) is 0 Å². The summed E-state index contributed by atoms with van der Waals surface area (Å²) < 4.78 is 17.3. The van der Waals surface area contributed by atoms with Crippen molar-refractivity contribution in [3.05, 3.63) is 59.2 Å². The molecule has 8 nitrogen and oxygen atoms in total. The molecule has 1 unspecified atom stereocenters. The van der Waals surface area contributed by atoms with Gasteiger partial charge in [-0.25, -0.2) is 0 Å². The fraction of sp³-hybridized carbons (Fsp3) is 0.500. The molecule has 0 aromatic heterocycles. The molecule has 1 saturated heterocycles. The molecular weight excluding hydrogens is 508 g/mol. The Morgan fingerprint density at radius 1 is 1.00 bits per heavy atom. The molecule has 1 aliphatic rings. The van der Waals surface area contributed by atoms with Gasteiger partial charge < -0.3 is 29.1 Å².